The highest BCUT2D eigenvalue weighted by atomic mass is 16.5. The van der Waals surface area contributed by atoms with Crippen molar-refractivity contribution in [2.45, 2.75) is 24.9 Å². The van der Waals surface area contributed by atoms with Crippen LogP contribution in [0, 0.1) is 0 Å². The van der Waals surface area contributed by atoms with Gasteiger partial charge in [-0.25, -0.2) is 0 Å². The molecule has 1 aromatic carbocycles. The third kappa shape index (κ3) is 3.48. The van der Waals surface area contributed by atoms with Gasteiger partial charge >= 0.3 is 0 Å². The summed E-state index contributed by atoms with van der Waals surface area (Å²) in [5.41, 5.74) is 7.51. The van der Waals surface area contributed by atoms with Crippen LogP contribution in [0.3, 0.4) is 0 Å². The van der Waals surface area contributed by atoms with E-state index in [-0.39, 0.29) is 12.1 Å². The first-order valence-corrected chi connectivity index (χ1v) is 7.42. The minimum Gasteiger partial charge on any atom is -0.493 e. The highest BCUT2D eigenvalue weighted by molar-refractivity contribution is 5.48. The molecule has 5 heteroatoms. The molecule has 1 saturated heterocycles. The van der Waals surface area contributed by atoms with Crippen molar-refractivity contribution in [2.75, 3.05) is 41.0 Å². The molecule has 1 aliphatic rings. The van der Waals surface area contributed by atoms with Crippen molar-refractivity contribution < 1.29 is 14.2 Å². The van der Waals surface area contributed by atoms with Crippen molar-refractivity contribution in [1.82, 2.24) is 4.90 Å². The van der Waals surface area contributed by atoms with Gasteiger partial charge in [-0.15, -0.1) is 0 Å². The van der Waals surface area contributed by atoms with Gasteiger partial charge in [0.15, 0.2) is 11.5 Å². The number of hydrogen-bond acceptors (Lipinski definition) is 5. The number of piperidine rings is 1. The maximum atomic E-state index is 6.41. The molecule has 0 aliphatic carbocycles. The monoisotopic (exact) mass is 294 g/mol. The topological polar surface area (TPSA) is 57.0 Å². The van der Waals surface area contributed by atoms with Crippen LogP contribution in [0.1, 0.15) is 24.4 Å². The Labute approximate surface area is 127 Å². The second-order valence-electron chi connectivity index (χ2n) is 5.36. The van der Waals surface area contributed by atoms with E-state index in [2.05, 4.69) is 11.0 Å². The zero-order chi connectivity index (χ0) is 15.2. The van der Waals surface area contributed by atoms with Crippen LogP contribution in [0.2, 0.25) is 0 Å². The number of rotatable bonds is 6. The second kappa shape index (κ2) is 7.64. The summed E-state index contributed by atoms with van der Waals surface area (Å²) in [7, 11) is 5.06. The summed E-state index contributed by atoms with van der Waals surface area (Å²) < 4.78 is 16.2. The molecule has 0 aromatic heterocycles. The highest BCUT2D eigenvalue weighted by Gasteiger charge is 2.32. The molecule has 1 aliphatic heterocycles. The van der Waals surface area contributed by atoms with Crippen molar-refractivity contribution in [3.05, 3.63) is 23.8 Å². The Morgan fingerprint density at radius 1 is 1.24 bits per heavy atom. The van der Waals surface area contributed by atoms with E-state index in [0.717, 1.165) is 43.0 Å². The third-order valence-electron chi connectivity index (χ3n) is 4.12. The van der Waals surface area contributed by atoms with Crippen LogP contribution >= 0.6 is 0 Å². The maximum absolute atomic E-state index is 6.41. The van der Waals surface area contributed by atoms with Gasteiger partial charge in [0, 0.05) is 25.3 Å². The fourth-order valence-corrected chi connectivity index (χ4v) is 3.13. The molecular formula is C16H26N2O3. The summed E-state index contributed by atoms with van der Waals surface area (Å²) >= 11 is 0. The lowest BCUT2D eigenvalue weighted by Gasteiger charge is -2.40. The number of hydrogen-bond donors (Lipinski definition) is 1. The fourth-order valence-electron chi connectivity index (χ4n) is 3.13. The molecule has 0 radical (unpaired) electrons. The summed E-state index contributed by atoms with van der Waals surface area (Å²) in [5.74, 6) is 1.53. The Morgan fingerprint density at radius 3 is 2.71 bits per heavy atom. The third-order valence-corrected chi connectivity index (χ3v) is 4.12. The molecule has 2 atom stereocenters. The van der Waals surface area contributed by atoms with Crippen LogP contribution < -0.4 is 15.2 Å². The quantitative estimate of drug-likeness (QED) is 0.867. The van der Waals surface area contributed by atoms with Gasteiger partial charge in [-0.1, -0.05) is 12.1 Å². The average Bonchev–Trinajstić information content (AvgIpc) is 2.52. The molecule has 2 unspecified atom stereocenters. The van der Waals surface area contributed by atoms with Gasteiger partial charge < -0.3 is 19.9 Å². The predicted molar refractivity (Wildman–Crippen MR) is 82.9 cm³/mol. The zero-order valence-corrected chi connectivity index (χ0v) is 13.2. The molecular weight excluding hydrogens is 268 g/mol. The van der Waals surface area contributed by atoms with E-state index in [1.165, 1.54) is 0 Å². The largest absolute Gasteiger partial charge is 0.493 e. The van der Waals surface area contributed by atoms with Gasteiger partial charge in [-0.2, -0.15) is 0 Å². The Kier molecular flexibility index (Phi) is 5.85. The predicted octanol–water partition coefficient (Wildman–Crippen LogP) is 1.81. The van der Waals surface area contributed by atoms with Crippen molar-refractivity contribution in [2.24, 2.45) is 5.73 Å². The van der Waals surface area contributed by atoms with E-state index in [9.17, 15) is 0 Å². The van der Waals surface area contributed by atoms with Crippen LogP contribution in [0.4, 0.5) is 0 Å². The number of para-hydroxylation sites is 1. The first-order valence-electron chi connectivity index (χ1n) is 7.42. The minimum absolute atomic E-state index is 0.0941. The first-order chi connectivity index (χ1) is 10.2. The van der Waals surface area contributed by atoms with E-state index in [1.807, 2.05) is 12.1 Å². The van der Waals surface area contributed by atoms with Gasteiger partial charge in [0.25, 0.3) is 0 Å². The Hall–Kier alpha value is -1.30. The lowest BCUT2D eigenvalue weighted by molar-refractivity contribution is 0.0833. The molecule has 21 heavy (non-hydrogen) atoms. The summed E-state index contributed by atoms with van der Waals surface area (Å²) in [4.78, 5) is 2.38. The van der Waals surface area contributed by atoms with E-state index < -0.39 is 0 Å². The zero-order valence-electron chi connectivity index (χ0n) is 13.2. The summed E-state index contributed by atoms with van der Waals surface area (Å²) in [6.07, 6.45) is 2.14. The molecule has 0 bridgehead atoms. The molecule has 0 saturated carbocycles. The summed E-state index contributed by atoms with van der Waals surface area (Å²) in [5, 5.41) is 0. The van der Waals surface area contributed by atoms with Gasteiger partial charge in [0.05, 0.1) is 26.9 Å². The molecule has 1 fully saturated rings. The molecule has 1 heterocycles. The minimum atomic E-state index is 0.0941. The highest BCUT2D eigenvalue weighted by Crippen LogP contribution is 2.40. The number of likely N-dealkylation sites (tertiary alicyclic amines) is 1. The second-order valence-corrected chi connectivity index (χ2v) is 5.36. The smallest absolute Gasteiger partial charge is 0.165 e. The Balaban J connectivity index is 2.35. The standard InChI is InChI=1S/C16H26N2O3/c1-19-11-10-18-9-5-7-13(17)15(18)12-6-4-8-14(20-2)16(12)21-3/h4,6,8,13,15H,5,7,9-11,17H2,1-3H3. The Bertz CT molecular complexity index is 453. The van der Waals surface area contributed by atoms with Crippen LogP contribution in [0.25, 0.3) is 0 Å². The lowest BCUT2D eigenvalue weighted by atomic mass is 9.90. The van der Waals surface area contributed by atoms with Crippen molar-refractivity contribution in [1.29, 1.82) is 0 Å². The molecule has 118 valence electrons. The van der Waals surface area contributed by atoms with E-state index >= 15 is 0 Å². The molecule has 2 N–H and O–H groups in total. The first kappa shape index (κ1) is 16.1. The number of methoxy groups -OCH3 is 3. The van der Waals surface area contributed by atoms with Gasteiger partial charge in [-0.05, 0) is 25.5 Å². The van der Waals surface area contributed by atoms with E-state index in [1.54, 1.807) is 21.3 Å². The summed E-state index contributed by atoms with van der Waals surface area (Å²) in [6, 6.07) is 6.22. The van der Waals surface area contributed by atoms with Gasteiger partial charge in [-0.3, -0.25) is 4.90 Å². The van der Waals surface area contributed by atoms with E-state index in [0.29, 0.717) is 6.61 Å². The van der Waals surface area contributed by atoms with Gasteiger partial charge in [0.1, 0.15) is 0 Å². The normalized spacial score (nSPS) is 23.0. The Morgan fingerprint density at radius 2 is 2.05 bits per heavy atom. The van der Waals surface area contributed by atoms with Crippen LogP contribution in [0.15, 0.2) is 18.2 Å². The molecule has 2 rings (SSSR count). The van der Waals surface area contributed by atoms with Crippen molar-refractivity contribution in [3.8, 4) is 11.5 Å². The SMILES string of the molecule is COCCN1CCCC(N)C1c1cccc(OC)c1OC. The molecule has 1 aromatic rings. The van der Waals surface area contributed by atoms with Crippen LogP contribution in [-0.2, 0) is 4.74 Å². The fraction of sp³-hybridized carbons (Fsp3) is 0.625. The number of benzene rings is 1. The van der Waals surface area contributed by atoms with Crippen molar-refractivity contribution in [3.63, 3.8) is 0 Å². The number of nitrogens with zero attached hydrogens (tertiary/aromatic N) is 1. The van der Waals surface area contributed by atoms with Gasteiger partial charge in [0.2, 0.25) is 0 Å². The maximum Gasteiger partial charge on any atom is 0.165 e. The number of nitrogens with two attached hydrogens (primary N) is 1. The van der Waals surface area contributed by atoms with Crippen molar-refractivity contribution >= 4 is 0 Å². The van der Waals surface area contributed by atoms with Crippen LogP contribution in [0.5, 0.6) is 11.5 Å². The molecule has 0 amide bonds. The number of ether oxygens (including phenoxy) is 3. The van der Waals surface area contributed by atoms with Crippen LogP contribution in [-0.4, -0.2) is 52.0 Å². The molecule has 0 spiro atoms. The van der Waals surface area contributed by atoms with E-state index in [4.69, 9.17) is 19.9 Å². The average molecular weight is 294 g/mol. The molecule has 5 nitrogen and oxygen atoms in total. The lowest BCUT2D eigenvalue weighted by Crippen LogP contribution is -2.47. The summed E-state index contributed by atoms with van der Waals surface area (Å²) in [6.45, 7) is 2.60.